The Hall–Kier alpha value is -3.53. The number of benzene rings is 3. The van der Waals surface area contributed by atoms with Crippen LogP contribution in [0.5, 0.6) is 5.75 Å². The van der Waals surface area contributed by atoms with E-state index in [9.17, 15) is 0 Å². The Morgan fingerprint density at radius 1 is 0.966 bits per heavy atom. The molecule has 1 aliphatic heterocycles. The maximum atomic E-state index is 5.87. The fourth-order valence-corrected chi connectivity index (χ4v) is 3.96. The first kappa shape index (κ1) is 17.6. The number of aromatic amines is 1. The minimum atomic E-state index is -0.0624. The molecular weight excluding hydrogens is 360 g/mol. The first-order valence-electron chi connectivity index (χ1n) is 9.96. The zero-order valence-electron chi connectivity index (χ0n) is 16.3. The van der Waals surface area contributed by atoms with E-state index in [1.54, 1.807) is 0 Å². The van der Waals surface area contributed by atoms with Crippen molar-refractivity contribution in [2.45, 2.75) is 19.4 Å². The average molecular weight is 382 g/mol. The number of aromatic nitrogens is 1. The molecule has 0 amide bonds. The maximum absolute atomic E-state index is 5.87. The van der Waals surface area contributed by atoms with Gasteiger partial charge in [-0.3, -0.25) is 0 Å². The molecule has 0 spiro atoms. The zero-order chi connectivity index (χ0) is 19.6. The topological polar surface area (TPSA) is 46.6 Å². The summed E-state index contributed by atoms with van der Waals surface area (Å²) in [7, 11) is 0. The van der Waals surface area contributed by atoms with Gasteiger partial charge in [0.05, 0.1) is 17.8 Å². The maximum Gasteiger partial charge on any atom is 0.158 e. The van der Waals surface area contributed by atoms with E-state index in [0.717, 1.165) is 51.2 Å². The normalized spacial score (nSPS) is 15.9. The van der Waals surface area contributed by atoms with Crippen LogP contribution in [0.1, 0.15) is 30.7 Å². The standard InChI is InChI=1S/C25H22N2O2/c1-2-28-21-15-9-14-19-23(18-12-7-4-8-13-18)25(26-24(19)21)20-16-22(29-27-20)17-10-5-3-6-11-17/h3-15,22,26H,2,16H2,1H3. The molecule has 1 aliphatic rings. The number of ether oxygens (including phenoxy) is 1. The Bertz CT molecular complexity index is 1160. The Balaban J connectivity index is 1.63. The lowest BCUT2D eigenvalue weighted by molar-refractivity contribution is 0.0857. The fourth-order valence-electron chi connectivity index (χ4n) is 3.96. The first-order chi connectivity index (χ1) is 14.3. The summed E-state index contributed by atoms with van der Waals surface area (Å²) in [5.41, 5.74) is 6.34. The third kappa shape index (κ3) is 3.17. The Labute approximate surface area is 169 Å². The molecule has 4 heteroatoms. The van der Waals surface area contributed by atoms with Crippen LogP contribution >= 0.6 is 0 Å². The number of nitrogens with zero attached hydrogens (tertiary/aromatic N) is 1. The van der Waals surface area contributed by atoms with Crippen molar-refractivity contribution in [3.05, 3.63) is 90.1 Å². The summed E-state index contributed by atoms with van der Waals surface area (Å²) >= 11 is 0. The van der Waals surface area contributed by atoms with E-state index in [4.69, 9.17) is 9.57 Å². The number of fused-ring (bicyclic) bond motifs is 1. The molecule has 0 radical (unpaired) electrons. The van der Waals surface area contributed by atoms with E-state index in [1.165, 1.54) is 0 Å². The second-order valence-corrected chi connectivity index (χ2v) is 7.10. The highest BCUT2D eigenvalue weighted by Gasteiger charge is 2.28. The zero-order valence-corrected chi connectivity index (χ0v) is 16.3. The largest absolute Gasteiger partial charge is 0.492 e. The molecule has 1 aromatic heterocycles. The summed E-state index contributed by atoms with van der Waals surface area (Å²) in [5.74, 6) is 0.854. The highest BCUT2D eigenvalue weighted by Crippen LogP contribution is 2.39. The fraction of sp³-hybridized carbons (Fsp3) is 0.160. The molecule has 144 valence electrons. The van der Waals surface area contributed by atoms with Gasteiger partial charge in [0.25, 0.3) is 0 Å². The predicted molar refractivity (Wildman–Crippen MR) is 116 cm³/mol. The van der Waals surface area contributed by atoms with Gasteiger partial charge in [-0.1, -0.05) is 78.0 Å². The van der Waals surface area contributed by atoms with Crippen molar-refractivity contribution in [1.82, 2.24) is 4.98 Å². The monoisotopic (exact) mass is 382 g/mol. The van der Waals surface area contributed by atoms with Gasteiger partial charge in [0.2, 0.25) is 0 Å². The highest BCUT2D eigenvalue weighted by atomic mass is 16.6. The van der Waals surface area contributed by atoms with Crippen molar-refractivity contribution >= 4 is 16.6 Å². The molecule has 4 aromatic rings. The predicted octanol–water partition coefficient (Wildman–Crippen LogP) is 6.10. The van der Waals surface area contributed by atoms with Gasteiger partial charge in [-0.05, 0) is 24.1 Å². The molecule has 0 bridgehead atoms. The van der Waals surface area contributed by atoms with Gasteiger partial charge in [-0.15, -0.1) is 0 Å². The van der Waals surface area contributed by atoms with Crippen molar-refractivity contribution in [2.75, 3.05) is 6.61 Å². The third-order valence-corrected chi connectivity index (χ3v) is 5.29. The Morgan fingerprint density at radius 3 is 2.48 bits per heavy atom. The average Bonchev–Trinajstić information content (AvgIpc) is 3.41. The minimum absolute atomic E-state index is 0.0624. The number of para-hydroxylation sites is 1. The molecule has 29 heavy (non-hydrogen) atoms. The quantitative estimate of drug-likeness (QED) is 0.453. The lowest BCUT2D eigenvalue weighted by Crippen LogP contribution is -2.03. The summed E-state index contributed by atoms with van der Waals surface area (Å²) in [5, 5.41) is 5.59. The minimum Gasteiger partial charge on any atom is -0.492 e. The van der Waals surface area contributed by atoms with Crippen molar-refractivity contribution in [1.29, 1.82) is 0 Å². The SMILES string of the molecule is CCOc1cccc2c(-c3ccccc3)c(C3=NOC(c4ccccc4)C3)[nH]c12. The Morgan fingerprint density at radius 2 is 1.72 bits per heavy atom. The van der Waals surface area contributed by atoms with E-state index < -0.39 is 0 Å². The van der Waals surface area contributed by atoms with E-state index in [-0.39, 0.29) is 6.10 Å². The number of oxime groups is 1. The van der Waals surface area contributed by atoms with Crippen LogP contribution in [0, 0.1) is 0 Å². The van der Waals surface area contributed by atoms with Crippen molar-refractivity contribution in [2.24, 2.45) is 5.16 Å². The van der Waals surface area contributed by atoms with Gasteiger partial charge >= 0.3 is 0 Å². The molecule has 3 aromatic carbocycles. The summed E-state index contributed by atoms with van der Waals surface area (Å²) < 4.78 is 5.87. The van der Waals surface area contributed by atoms with Crippen LogP contribution < -0.4 is 4.74 Å². The second-order valence-electron chi connectivity index (χ2n) is 7.10. The third-order valence-electron chi connectivity index (χ3n) is 5.29. The Kier molecular flexibility index (Phi) is 4.53. The van der Waals surface area contributed by atoms with Gasteiger partial charge in [0, 0.05) is 17.4 Å². The molecule has 0 aliphatic carbocycles. The molecule has 4 nitrogen and oxygen atoms in total. The van der Waals surface area contributed by atoms with Crippen LogP contribution in [-0.2, 0) is 4.84 Å². The summed E-state index contributed by atoms with van der Waals surface area (Å²) in [6, 6.07) is 26.8. The van der Waals surface area contributed by atoms with Gasteiger partial charge in [-0.2, -0.15) is 0 Å². The molecule has 5 rings (SSSR count). The molecule has 1 unspecified atom stereocenters. The lowest BCUT2D eigenvalue weighted by Gasteiger charge is -2.08. The number of nitrogens with one attached hydrogen (secondary N) is 1. The highest BCUT2D eigenvalue weighted by molar-refractivity contribution is 6.13. The van der Waals surface area contributed by atoms with Crippen LogP contribution in [0.25, 0.3) is 22.0 Å². The second kappa shape index (κ2) is 7.47. The van der Waals surface area contributed by atoms with Crippen molar-refractivity contribution in [3.8, 4) is 16.9 Å². The summed E-state index contributed by atoms with van der Waals surface area (Å²) in [4.78, 5) is 9.40. The molecule has 0 saturated carbocycles. The summed E-state index contributed by atoms with van der Waals surface area (Å²) in [6.45, 7) is 2.62. The smallest absolute Gasteiger partial charge is 0.158 e. The van der Waals surface area contributed by atoms with E-state index in [0.29, 0.717) is 6.61 Å². The van der Waals surface area contributed by atoms with E-state index in [1.807, 2.05) is 43.3 Å². The van der Waals surface area contributed by atoms with Gasteiger partial charge in [0.1, 0.15) is 11.5 Å². The van der Waals surface area contributed by atoms with E-state index >= 15 is 0 Å². The van der Waals surface area contributed by atoms with Crippen LogP contribution in [0.3, 0.4) is 0 Å². The van der Waals surface area contributed by atoms with Crippen LogP contribution in [0.15, 0.2) is 84.0 Å². The summed E-state index contributed by atoms with van der Waals surface area (Å²) in [6.07, 6.45) is 0.660. The molecule has 2 heterocycles. The molecule has 0 saturated heterocycles. The lowest BCUT2D eigenvalue weighted by atomic mass is 9.97. The van der Waals surface area contributed by atoms with Crippen LogP contribution in [0.2, 0.25) is 0 Å². The molecular formula is C25H22N2O2. The van der Waals surface area contributed by atoms with Crippen molar-refractivity contribution in [3.63, 3.8) is 0 Å². The first-order valence-corrected chi connectivity index (χ1v) is 9.96. The van der Waals surface area contributed by atoms with Gasteiger partial charge in [-0.25, -0.2) is 0 Å². The molecule has 1 atom stereocenters. The molecule has 1 N–H and O–H groups in total. The van der Waals surface area contributed by atoms with Crippen LogP contribution in [0.4, 0.5) is 0 Å². The number of rotatable bonds is 5. The van der Waals surface area contributed by atoms with Crippen LogP contribution in [-0.4, -0.2) is 17.3 Å². The molecule has 0 fully saturated rings. The van der Waals surface area contributed by atoms with Crippen molar-refractivity contribution < 1.29 is 9.57 Å². The number of H-pyrrole nitrogens is 1. The van der Waals surface area contributed by atoms with Gasteiger partial charge < -0.3 is 14.6 Å². The van der Waals surface area contributed by atoms with E-state index in [2.05, 4.69) is 52.6 Å². The number of hydrogen-bond donors (Lipinski definition) is 1. The van der Waals surface area contributed by atoms with Gasteiger partial charge in [0.15, 0.2) is 6.10 Å². The number of hydrogen-bond acceptors (Lipinski definition) is 3.